The normalized spacial score (nSPS) is 18.6. The van der Waals surface area contributed by atoms with Gasteiger partial charge in [0, 0.05) is 40.1 Å². The van der Waals surface area contributed by atoms with Crippen LogP contribution in [-0.2, 0) is 30.6 Å². The Balaban J connectivity index is 0.00000676. The molecule has 27 heavy (non-hydrogen) atoms. The van der Waals surface area contributed by atoms with Crippen molar-refractivity contribution < 1.29 is 30.6 Å². The van der Waals surface area contributed by atoms with Crippen molar-refractivity contribution in [1.82, 2.24) is 0 Å². The topological polar surface area (TPSA) is 40.9 Å². The van der Waals surface area contributed by atoms with Crippen molar-refractivity contribution in [3.05, 3.63) is 29.5 Å². The summed E-state index contributed by atoms with van der Waals surface area (Å²) in [6.07, 6.45) is 16.1. The summed E-state index contributed by atoms with van der Waals surface area (Å²) in [6, 6.07) is 0. The molecule has 1 rings (SSSR count). The second kappa shape index (κ2) is 11.3. The van der Waals surface area contributed by atoms with E-state index in [1.807, 2.05) is 13.0 Å². The molecule has 0 heterocycles. The van der Waals surface area contributed by atoms with E-state index < -0.39 is 20.1 Å². The molecule has 0 saturated heterocycles. The largest absolute Gasteiger partial charge is 0.667 e. The molecule has 0 aliphatic heterocycles. The van der Waals surface area contributed by atoms with Gasteiger partial charge in [0.15, 0.2) is 0 Å². The van der Waals surface area contributed by atoms with Gasteiger partial charge >= 0.3 is 0 Å². The number of allylic oxidation sites excluding steroid dienone is 3. The Bertz CT molecular complexity index is 540. The van der Waals surface area contributed by atoms with E-state index in [1.54, 1.807) is 0 Å². The molecule has 1 amide bonds. The summed E-state index contributed by atoms with van der Waals surface area (Å²) in [4.78, 5) is 12.6. The molecular weight excluding hydrogens is 513 g/mol. The molecule has 0 aromatic rings. The van der Waals surface area contributed by atoms with Gasteiger partial charge in [-0.2, -0.15) is 0 Å². The Kier molecular flexibility index (Phi) is 11.3. The van der Waals surface area contributed by atoms with E-state index in [0.29, 0.717) is 0 Å². The molecule has 0 aromatic carbocycles. The number of amides is 1. The summed E-state index contributed by atoms with van der Waals surface area (Å²) in [5, 5.41) is 0.145. The second-order valence-electron chi connectivity index (χ2n) is 9.49. The molecule has 1 aliphatic rings. The van der Waals surface area contributed by atoms with Crippen LogP contribution in [0.4, 0.5) is 0 Å². The molecule has 2 atom stereocenters. The van der Waals surface area contributed by atoms with E-state index in [2.05, 4.69) is 52.9 Å². The number of rotatable bonds is 12. The molecule has 0 spiro atoms. The van der Waals surface area contributed by atoms with Crippen LogP contribution in [0.3, 0.4) is 0 Å². The van der Waals surface area contributed by atoms with E-state index in [0.717, 1.165) is 12.0 Å². The van der Waals surface area contributed by atoms with Crippen molar-refractivity contribution in [2.45, 2.75) is 104 Å². The van der Waals surface area contributed by atoms with Crippen molar-refractivity contribution >= 4 is 14.7 Å². The summed E-state index contributed by atoms with van der Waals surface area (Å²) in [5.41, 5.74) is 8.38. The van der Waals surface area contributed by atoms with Crippen LogP contribution in [0.1, 0.15) is 86.0 Å². The van der Waals surface area contributed by atoms with Crippen LogP contribution in [0.15, 0.2) is 23.8 Å². The van der Waals surface area contributed by atoms with Gasteiger partial charge in [0.1, 0.15) is 0 Å². The summed E-state index contributed by atoms with van der Waals surface area (Å²) in [6.45, 7) is 16.1. The summed E-state index contributed by atoms with van der Waals surface area (Å²) < 4.78 is 0. The number of carbonyl (C=O) groups is 1. The van der Waals surface area contributed by atoms with Gasteiger partial charge in [-0.15, -0.1) is 0 Å². The van der Waals surface area contributed by atoms with E-state index in [4.69, 9.17) is 5.73 Å². The zero-order valence-electron chi connectivity index (χ0n) is 18.9. The first-order chi connectivity index (χ1) is 12.1. The molecule has 0 bridgehead atoms. The molecular formula is C23H42HfNOSi-. The quantitative estimate of drug-likeness (QED) is 0.182. The maximum absolute atomic E-state index is 12.6. The molecule has 0 aromatic heterocycles. The number of nitrogens with one attached hydrogen (secondary N) is 1. The molecule has 0 radical (unpaired) electrons. The standard InChI is InChI=1S/C23H43NOSi.Hf/c1-8-9-10-11-12-15-18-22(4,26(6)7)21(2,3)23(5,20(24)25)19-16-13-14-17-19;/h13-14,16,26H,8-12,15,17-18H2,1-7H3,(H2,24,25);/p-1. The maximum Gasteiger partial charge on any atom is 0.0594 e. The van der Waals surface area contributed by atoms with Crippen molar-refractivity contribution in [2.75, 3.05) is 0 Å². The van der Waals surface area contributed by atoms with Crippen LogP contribution in [0.25, 0.3) is 5.73 Å². The Morgan fingerprint density at radius 3 is 2.07 bits per heavy atom. The van der Waals surface area contributed by atoms with E-state index in [9.17, 15) is 4.79 Å². The van der Waals surface area contributed by atoms with Crippen LogP contribution in [0, 0.1) is 10.8 Å². The average Bonchev–Trinajstić information content (AvgIpc) is 3.11. The summed E-state index contributed by atoms with van der Waals surface area (Å²) >= 11 is 0. The smallest absolute Gasteiger partial charge is 0.0594 e. The van der Waals surface area contributed by atoms with Crippen LogP contribution in [0.2, 0.25) is 18.1 Å². The minimum absolute atomic E-state index is 0. The Morgan fingerprint density at radius 2 is 1.63 bits per heavy atom. The third-order valence-electron chi connectivity index (χ3n) is 7.87. The van der Waals surface area contributed by atoms with Gasteiger partial charge in [0.25, 0.3) is 0 Å². The molecule has 1 aliphatic carbocycles. The van der Waals surface area contributed by atoms with Crippen molar-refractivity contribution in [1.29, 1.82) is 0 Å². The van der Waals surface area contributed by atoms with Crippen molar-refractivity contribution in [2.24, 2.45) is 10.8 Å². The monoisotopic (exact) mass is 556 g/mol. The minimum Gasteiger partial charge on any atom is -0.667 e. The van der Waals surface area contributed by atoms with E-state index >= 15 is 0 Å². The fraction of sp³-hybridized carbons (Fsp3) is 0.783. The molecule has 2 nitrogen and oxygen atoms in total. The van der Waals surface area contributed by atoms with Crippen molar-refractivity contribution in [3.63, 3.8) is 0 Å². The van der Waals surface area contributed by atoms with Crippen molar-refractivity contribution in [3.8, 4) is 0 Å². The predicted octanol–water partition coefficient (Wildman–Crippen LogP) is 7.48. The Labute approximate surface area is 189 Å². The van der Waals surface area contributed by atoms with Crippen LogP contribution in [0.5, 0.6) is 0 Å². The molecule has 154 valence electrons. The fourth-order valence-corrected chi connectivity index (χ4v) is 7.33. The minimum atomic E-state index is -1.06. The SMILES string of the molecule is CCCCCCCCC(C)([SiH](C)C)C(C)(C)C(C)(C([NH-])=O)C1=CC=CC1.[Hf]. The molecule has 0 fully saturated rings. The predicted molar refractivity (Wildman–Crippen MR) is 118 cm³/mol. The second-order valence-corrected chi connectivity index (χ2v) is 13.1. The van der Waals surface area contributed by atoms with Gasteiger partial charge < -0.3 is 10.5 Å². The van der Waals surface area contributed by atoms with Gasteiger partial charge in [0.2, 0.25) is 0 Å². The fourth-order valence-electron chi connectivity index (χ4n) is 4.82. The van der Waals surface area contributed by atoms with Crippen LogP contribution in [-0.4, -0.2) is 14.7 Å². The third kappa shape index (κ3) is 5.56. The van der Waals surface area contributed by atoms with Gasteiger partial charge in [-0.05, 0) is 30.2 Å². The van der Waals surface area contributed by atoms with E-state index in [-0.39, 0.29) is 36.3 Å². The first kappa shape index (κ1) is 27.0. The van der Waals surface area contributed by atoms with Gasteiger partial charge in [-0.25, -0.2) is 0 Å². The summed E-state index contributed by atoms with van der Waals surface area (Å²) in [7, 11) is -1.06. The number of hydrogen-bond donors (Lipinski definition) is 0. The van der Waals surface area contributed by atoms with Crippen LogP contribution < -0.4 is 0 Å². The first-order valence-corrected chi connectivity index (χ1v) is 13.6. The van der Waals surface area contributed by atoms with Gasteiger partial charge in [-0.3, -0.25) is 0 Å². The molecule has 0 saturated carbocycles. The first-order valence-electron chi connectivity index (χ1n) is 10.7. The zero-order valence-corrected chi connectivity index (χ0v) is 23.6. The molecule has 2 unspecified atom stereocenters. The van der Waals surface area contributed by atoms with E-state index in [1.165, 1.54) is 44.9 Å². The summed E-state index contributed by atoms with van der Waals surface area (Å²) in [5.74, 6) is -0.415. The Hall–Kier alpha value is 0.0370. The molecule has 4 heteroatoms. The van der Waals surface area contributed by atoms with Gasteiger partial charge in [-0.1, -0.05) is 103 Å². The maximum atomic E-state index is 12.6. The number of carbonyl (C=O) groups excluding carboxylic acids is 1. The zero-order chi connectivity index (χ0) is 20.0. The average molecular weight is 555 g/mol. The third-order valence-corrected chi connectivity index (χ3v) is 11.4. The number of unbranched alkanes of at least 4 members (excludes halogenated alkanes) is 5. The Morgan fingerprint density at radius 1 is 1.07 bits per heavy atom. The van der Waals surface area contributed by atoms with Gasteiger partial charge in [0.05, 0.1) is 5.91 Å². The number of hydrogen-bond acceptors (Lipinski definition) is 1. The molecule has 1 N–H and O–H groups in total. The van der Waals surface area contributed by atoms with Crippen LogP contribution >= 0.6 is 0 Å².